The van der Waals surface area contributed by atoms with E-state index >= 15 is 0 Å². The van der Waals surface area contributed by atoms with Crippen molar-refractivity contribution in [3.05, 3.63) is 65.7 Å². The number of hydrogen-bond donors (Lipinski definition) is 1. The van der Waals surface area contributed by atoms with Crippen LogP contribution in [0.2, 0.25) is 0 Å². The van der Waals surface area contributed by atoms with Gasteiger partial charge in [-0.05, 0) is 49.9 Å². The number of amides is 2. The Hall–Kier alpha value is -3.16. The van der Waals surface area contributed by atoms with Crippen molar-refractivity contribution >= 4 is 28.9 Å². The van der Waals surface area contributed by atoms with Crippen LogP contribution in [-0.4, -0.2) is 33.9 Å². The molecule has 2 amide bonds. The predicted octanol–water partition coefficient (Wildman–Crippen LogP) is 3.36. The maximum Gasteiger partial charge on any atom is 0.258 e. The molecule has 0 radical (unpaired) electrons. The molecule has 142 valence electrons. The largest absolute Gasteiger partial charge is 0.276 e. The highest BCUT2D eigenvalue weighted by Crippen LogP contribution is 2.43. The van der Waals surface area contributed by atoms with Crippen LogP contribution in [0.1, 0.15) is 25.7 Å². The molecule has 7 nitrogen and oxygen atoms in total. The third-order valence-corrected chi connectivity index (χ3v) is 5.53. The standard InChI is InChI=1S/C21H20N4O3/c26-20-16-10-4-5-11-17(16)21(27)22(20)14-23-18-12-6-7-13-19(18)24(25(23)28)15-8-2-1-3-9-15/h1-3,6-9,12-13,28H,4-5,10-11,14H2. The summed E-state index contributed by atoms with van der Waals surface area (Å²) in [6.45, 7) is -0.0402. The van der Waals surface area contributed by atoms with Gasteiger partial charge in [-0.3, -0.25) is 19.7 Å². The quantitative estimate of drug-likeness (QED) is 0.829. The van der Waals surface area contributed by atoms with Crippen LogP contribution in [0.4, 0.5) is 17.1 Å². The molecule has 0 spiro atoms. The number of hydrazine groups is 2. The van der Waals surface area contributed by atoms with Gasteiger partial charge in [0.1, 0.15) is 6.67 Å². The topological polar surface area (TPSA) is 67.3 Å². The van der Waals surface area contributed by atoms with E-state index in [1.807, 2.05) is 54.6 Å². The number of benzene rings is 2. The first-order valence-electron chi connectivity index (χ1n) is 9.45. The third kappa shape index (κ3) is 2.44. The van der Waals surface area contributed by atoms with Crippen LogP contribution in [0.15, 0.2) is 65.7 Å². The van der Waals surface area contributed by atoms with Crippen molar-refractivity contribution in [1.29, 1.82) is 0 Å². The SMILES string of the molecule is O=C1C2=C(CCCC2)C(=O)N1CN1c2ccccc2N(c2ccccc2)N1O. The second-order valence-corrected chi connectivity index (χ2v) is 7.15. The molecular weight excluding hydrogens is 356 g/mol. The van der Waals surface area contributed by atoms with Crippen molar-refractivity contribution in [2.75, 3.05) is 16.7 Å². The maximum absolute atomic E-state index is 12.8. The fourth-order valence-corrected chi connectivity index (χ4v) is 4.16. The van der Waals surface area contributed by atoms with E-state index in [0.717, 1.165) is 35.2 Å². The monoisotopic (exact) mass is 376 g/mol. The summed E-state index contributed by atoms with van der Waals surface area (Å²) in [6, 6.07) is 17.0. The minimum absolute atomic E-state index is 0.0402. The average molecular weight is 376 g/mol. The van der Waals surface area contributed by atoms with E-state index in [4.69, 9.17) is 0 Å². The van der Waals surface area contributed by atoms with E-state index in [1.54, 1.807) is 5.01 Å². The zero-order valence-electron chi connectivity index (χ0n) is 15.3. The van der Waals surface area contributed by atoms with Crippen LogP contribution in [0, 0.1) is 0 Å². The molecule has 1 N–H and O–H groups in total. The van der Waals surface area contributed by atoms with Crippen molar-refractivity contribution < 1.29 is 14.8 Å². The molecule has 28 heavy (non-hydrogen) atoms. The smallest absolute Gasteiger partial charge is 0.258 e. The van der Waals surface area contributed by atoms with Gasteiger partial charge in [0.25, 0.3) is 11.8 Å². The summed E-state index contributed by atoms with van der Waals surface area (Å²) < 4.78 is 0. The lowest BCUT2D eigenvalue weighted by Crippen LogP contribution is -2.51. The van der Waals surface area contributed by atoms with E-state index in [2.05, 4.69) is 0 Å². The highest BCUT2D eigenvalue weighted by Gasteiger charge is 2.43. The zero-order chi connectivity index (χ0) is 19.3. The minimum Gasteiger partial charge on any atom is -0.276 e. The van der Waals surface area contributed by atoms with Crippen LogP contribution >= 0.6 is 0 Å². The van der Waals surface area contributed by atoms with Gasteiger partial charge in [0.2, 0.25) is 0 Å². The molecule has 3 aliphatic rings. The van der Waals surface area contributed by atoms with E-state index in [1.165, 1.54) is 9.91 Å². The summed E-state index contributed by atoms with van der Waals surface area (Å²) >= 11 is 0. The fraction of sp³-hybridized carbons (Fsp3) is 0.238. The van der Waals surface area contributed by atoms with E-state index in [0.29, 0.717) is 24.0 Å². The summed E-state index contributed by atoms with van der Waals surface area (Å²) in [6.07, 6.45) is 3.19. The molecule has 5 rings (SSSR count). The van der Waals surface area contributed by atoms with Gasteiger partial charge in [0, 0.05) is 16.4 Å². The Bertz CT molecular complexity index is 960. The Morgan fingerprint density at radius 2 is 1.36 bits per heavy atom. The third-order valence-electron chi connectivity index (χ3n) is 5.53. The minimum atomic E-state index is -0.233. The molecule has 0 unspecified atom stereocenters. The molecule has 0 fully saturated rings. The molecule has 2 aromatic rings. The highest BCUT2D eigenvalue weighted by molar-refractivity contribution is 6.19. The van der Waals surface area contributed by atoms with Gasteiger partial charge >= 0.3 is 0 Å². The Balaban J connectivity index is 1.48. The molecule has 0 saturated carbocycles. The van der Waals surface area contributed by atoms with Crippen molar-refractivity contribution in [3.63, 3.8) is 0 Å². The van der Waals surface area contributed by atoms with Gasteiger partial charge < -0.3 is 0 Å². The number of imide groups is 1. The highest BCUT2D eigenvalue weighted by atomic mass is 16.6. The Kier molecular flexibility index (Phi) is 3.92. The number of para-hydroxylation sites is 3. The van der Waals surface area contributed by atoms with Crippen LogP contribution in [0.5, 0.6) is 0 Å². The molecule has 2 aromatic carbocycles. The van der Waals surface area contributed by atoms with Crippen molar-refractivity contribution in [3.8, 4) is 0 Å². The molecule has 0 saturated heterocycles. The number of fused-ring (bicyclic) bond motifs is 1. The number of nitrogens with zero attached hydrogens (tertiary/aromatic N) is 4. The van der Waals surface area contributed by atoms with E-state index in [9.17, 15) is 14.8 Å². The number of anilines is 3. The molecule has 2 aliphatic heterocycles. The summed E-state index contributed by atoms with van der Waals surface area (Å²) in [7, 11) is 0. The first-order valence-corrected chi connectivity index (χ1v) is 9.45. The maximum atomic E-state index is 12.8. The van der Waals surface area contributed by atoms with Gasteiger partial charge in [-0.2, -0.15) is 0 Å². The Morgan fingerprint density at radius 1 is 0.786 bits per heavy atom. The fourth-order valence-electron chi connectivity index (χ4n) is 4.16. The lowest BCUT2D eigenvalue weighted by molar-refractivity contribution is -0.142. The number of carbonyl (C=O) groups excluding carboxylic acids is 2. The second kappa shape index (κ2) is 6.47. The van der Waals surface area contributed by atoms with E-state index in [-0.39, 0.29) is 18.5 Å². The molecule has 0 aromatic heterocycles. The van der Waals surface area contributed by atoms with Crippen molar-refractivity contribution in [2.24, 2.45) is 0 Å². The number of rotatable bonds is 3. The van der Waals surface area contributed by atoms with Gasteiger partial charge in [-0.25, -0.2) is 10.0 Å². The Labute approximate surface area is 162 Å². The van der Waals surface area contributed by atoms with Gasteiger partial charge in [-0.1, -0.05) is 30.3 Å². The molecule has 0 bridgehead atoms. The number of carbonyl (C=O) groups is 2. The summed E-state index contributed by atoms with van der Waals surface area (Å²) in [4.78, 5) is 26.9. The van der Waals surface area contributed by atoms with Gasteiger partial charge in [0.15, 0.2) is 0 Å². The van der Waals surface area contributed by atoms with Crippen LogP contribution in [0.25, 0.3) is 0 Å². The van der Waals surface area contributed by atoms with Gasteiger partial charge in [-0.15, -0.1) is 0 Å². The molecule has 1 aliphatic carbocycles. The second-order valence-electron chi connectivity index (χ2n) is 7.15. The first-order chi connectivity index (χ1) is 13.7. The lowest BCUT2D eigenvalue weighted by Gasteiger charge is -2.32. The Morgan fingerprint density at radius 3 is 2.00 bits per heavy atom. The van der Waals surface area contributed by atoms with E-state index < -0.39 is 0 Å². The van der Waals surface area contributed by atoms with Crippen LogP contribution in [-0.2, 0) is 9.59 Å². The molecule has 0 atom stereocenters. The zero-order valence-corrected chi connectivity index (χ0v) is 15.3. The summed E-state index contributed by atoms with van der Waals surface area (Å²) in [5.74, 6) is -0.465. The van der Waals surface area contributed by atoms with Gasteiger partial charge in [0.05, 0.1) is 17.1 Å². The van der Waals surface area contributed by atoms with Crippen LogP contribution in [0.3, 0.4) is 0 Å². The van der Waals surface area contributed by atoms with Crippen LogP contribution < -0.4 is 10.0 Å². The first kappa shape index (κ1) is 17.0. The lowest BCUT2D eigenvalue weighted by atomic mass is 9.93. The summed E-state index contributed by atoms with van der Waals surface area (Å²) in [5, 5.41) is 15.1. The molecule has 2 heterocycles. The number of hydrogen-bond acceptors (Lipinski definition) is 6. The normalized spacial score (nSPS) is 19.5. The molecular formula is C21H20N4O3. The predicted molar refractivity (Wildman–Crippen MR) is 103 cm³/mol. The molecule has 7 heteroatoms. The summed E-state index contributed by atoms with van der Waals surface area (Å²) in [5.41, 5.74) is 3.56. The average Bonchev–Trinajstić information content (AvgIpc) is 3.15. The van der Waals surface area contributed by atoms with Crippen molar-refractivity contribution in [2.45, 2.75) is 25.7 Å². The van der Waals surface area contributed by atoms with Crippen molar-refractivity contribution in [1.82, 2.24) is 10.2 Å².